The second kappa shape index (κ2) is 13.1. The Hall–Kier alpha value is -2.90. The summed E-state index contributed by atoms with van der Waals surface area (Å²) in [6.45, 7) is 3.52. The first kappa shape index (κ1) is 28.7. The molecule has 0 saturated carbocycles. The molecule has 3 aromatic rings. The molecule has 0 fully saturated rings. The Balaban J connectivity index is 0.00000186. The van der Waals surface area contributed by atoms with E-state index in [1.165, 1.54) is 35.5 Å². The van der Waals surface area contributed by atoms with Crippen LogP contribution in [0.15, 0.2) is 96.3 Å². The molecular formula is C22H19ClN8NiO2S3-. The molecule has 0 radical (unpaired) electrons. The van der Waals surface area contributed by atoms with Crippen LogP contribution < -0.4 is 9.73 Å². The number of sulfonamides is 1. The van der Waals surface area contributed by atoms with Crippen molar-refractivity contribution in [2.45, 2.75) is 18.7 Å². The summed E-state index contributed by atoms with van der Waals surface area (Å²) in [6, 6.07) is 16.9. The molecule has 2 aromatic carbocycles. The van der Waals surface area contributed by atoms with Gasteiger partial charge in [-0.3, -0.25) is 5.41 Å². The molecule has 4 rings (SSSR count). The van der Waals surface area contributed by atoms with Gasteiger partial charge in [0.15, 0.2) is 5.84 Å². The maximum absolute atomic E-state index is 12.6. The normalized spacial score (nSPS) is 14.8. The Morgan fingerprint density at radius 2 is 1.78 bits per heavy atom. The van der Waals surface area contributed by atoms with Crippen molar-refractivity contribution in [1.29, 1.82) is 5.41 Å². The van der Waals surface area contributed by atoms with Crippen molar-refractivity contribution in [3.63, 3.8) is 0 Å². The van der Waals surface area contributed by atoms with E-state index in [-0.39, 0.29) is 16.7 Å². The van der Waals surface area contributed by atoms with E-state index in [0.29, 0.717) is 26.9 Å². The Morgan fingerprint density at radius 3 is 2.43 bits per heavy atom. The maximum atomic E-state index is 12.6. The molecule has 15 heteroatoms. The van der Waals surface area contributed by atoms with E-state index in [9.17, 15) is 8.42 Å². The Kier molecular flexibility index (Phi) is 10.1. The van der Waals surface area contributed by atoms with Gasteiger partial charge in [0.1, 0.15) is 0 Å². The van der Waals surface area contributed by atoms with Crippen molar-refractivity contribution >= 4 is 73.7 Å². The van der Waals surface area contributed by atoms with Crippen LogP contribution in [-0.2, 0) is 37.2 Å². The fourth-order valence-corrected chi connectivity index (χ4v) is 4.89. The summed E-state index contributed by atoms with van der Waals surface area (Å²) in [7, 11) is 0.414. The first-order chi connectivity index (χ1) is 17.7. The van der Waals surface area contributed by atoms with E-state index in [1.54, 1.807) is 19.9 Å². The van der Waals surface area contributed by atoms with E-state index in [2.05, 4.69) is 54.2 Å². The van der Waals surface area contributed by atoms with Crippen molar-refractivity contribution in [3.05, 3.63) is 82.4 Å². The van der Waals surface area contributed by atoms with Crippen LogP contribution in [0.2, 0.25) is 0 Å². The van der Waals surface area contributed by atoms with Gasteiger partial charge in [0.25, 0.3) is 10.0 Å². The zero-order chi connectivity index (χ0) is 27.0. The number of amidine groups is 1. The number of hydrogen-bond donors (Lipinski definition) is 2. The van der Waals surface area contributed by atoms with Crippen molar-refractivity contribution < 1.29 is 23.0 Å². The van der Waals surface area contributed by atoms with E-state index < -0.39 is 10.0 Å². The van der Waals surface area contributed by atoms with E-state index in [0.717, 1.165) is 17.6 Å². The number of aryl methyl sites for hydroxylation is 1. The van der Waals surface area contributed by atoms with E-state index >= 15 is 0 Å². The van der Waals surface area contributed by atoms with E-state index in [1.807, 2.05) is 30.3 Å². The monoisotopic (exact) mass is 616 g/mol. The molecule has 10 nitrogen and oxygen atoms in total. The van der Waals surface area contributed by atoms with E-state index in [4.69, 9.17) is 18.0 Å². The van der Waals surface area contributed by atoms with Gasteiger partial charge >= 0.3 is 24.8 Å². The minimum atomic E-state index is -3.85. The van der Waals surface area contributed by atoms with Gasteiger partial charge in [-0.15, -0.1) is 13.9 Å². The zero-order valence-corrected chi connectivity index (χ0v) is 23.5. The summed E-state index contributed by atoms with van der Waals surface area (Å²) in [6.07, 6.45) is 1.48. The van der Waals surface area contributed by atoms with Crippen LogP contribution in [0.4, 0.5) is 17.3 Å². The number of benzene rings is 2. The molecule has 0 spiro atoms. The average molecular weight is 618 g/mol. The predicted octanol–water partition coefficient (Wildman–Crippen LogP) is 5.64. The average Bonchev–Trinajstić information content (AvgIpc) is 3.19. The topological polar surface area (TPSA) is 136 Å². The number of aromatic nitrogens is 2. The summed E-state index contributed by atoms with van der Waals surface area (Å²) in [4.78, 5) is 7.99. The summed E-state index contributed by atoms with van der Waals surface area (Å²) in [5, 5.41) is 18.5. The molecular weight excluding hydrogens is 599 g/mol. The number of rotatable bonds is 7. The number of hydrazone groups is 1. The van der Waals surface area contributed by atoms with Gasteiger partial charge in [0.05, 0.1) is 22.0 Å². The third kappa shape index (κ3) is 7.33. The van der Waals surface area contributed by atoms with Gasteiger partial charge in [0.2, 0.25) is 5.95 Å². The second-order valence-corrected chi connectivity index (χ2v) is 10.3. The number of halogens is 1. The SMILES string of the molecule is CC1=NN(c2ccccc2)C(=N)/C1=C(/[S-])SN=Nc1ccc(S(=O)(=O)Nc2nccc(C)n2)cc1.[Cl][Ni]. The standard InChI is InChI=1S/C22H20N8O2S3.ClH.Ni/c1-14-12-13-24-22(25-14)28-35(31,32)18-10-8-16(9-11-18)26-29-34-21(33)19-15(2)27-30(20(19)23)17-6-4-3-5-7-17;;/h3-13,23,33H,1-2H3,(H,24,25,28);1H;/q;;+1/p-2/b21-19-,23-20?,29-26?;;. The first-order valence-corrected chi connectivity index (χ1v) is 14.3. The van der Waals surface area contributed by atoms with Crippen molar-refractivity contribution in [2.75, 3.05) is 9.73 Å². The summed E-state index contributed by atoms with van der Waals surface area (Å²) in [5.41, 5.74) is 2.97. The van der Waals surface area contributed by atoms with Gasteiger partial charge in [-0.25, -0.2) is 28.1 Å². The van der Waals surface area contributed by atoms with Crippen LogP contribution in [-0.4, -0.2) is 29.9 Å². The van der Waals surface area contributed by atoms with Crippen molar-refractivity contribution in [3.8, 4) is 0 Å². The molecule has 2 heterocycles. The third-order valence-corrected chi connectivity index (χ3v) is 7.02. The van der Waals surface area contributed by atoms with Crippen LogP contribution in [0.1, 0.15) is 12.6 Å². The zero-order valence-electron chi connectivity index (χ0n) is 19.3. The molecule has 37 heavy (non-hydrogen) atoms. The fraction of sp³-hybridized carbons (Fsp3) is 0.0909. The van der Waals surface area contributed by atoms with Gasteiger partial charge in [-0.1, -0.05) is 18.2 Å². The summed E-state index contributed by atoms with van der Waals surface area (Å²) >= 11 is 9.74. The van der Waals surface area contributed by atoms with Crippen LogP contribution in [0.5, 0.6) is 0 Å². The van der Waals surface area contributed by atoms with Crippen LogP contribution in [0.3, 0.4) is 0 Å². The molecule has 195 valence electrons. The fourth-order valence-electron chi connectivity index (χ4n) is 3.05. The number of nitrogens with zero attached hydrogens (tertiary/aromatic N) is 6. The van der Waals surface area contributed by atoms with Gasteiger partial charge in [-0.2, -0.15) is 5.10 Å². The summed E-state index contributed by atoms with van der Waals surface area (Å²) < 4.78 is 31.9. The molecule has 0 atom stereocenters. The number of para-hydroxylation sites is 1. The molecule has 0 bridgehead atoms. The molecule has 1 aliphatic heterocycles. The number of nitrogens with one attached hydrogen (secondary N) is 2. The Bertz CT molecular complexity index is 1470. The molecule has 0 amide bonds. The first-order valence-electron chi connectivity index (χ1n) is 10.3. The van der Waals surface area contributed by atoms with Crippen LogP contribution >= 0.6 is 22.1 Å². The Labute approximate surface area is 236 Å². The quantitative estimate of drug-likeness (QED) is 0.152. The Morgan fingerprint density at radius 1 is 1.11 bits per heavy atom. The molecule has 1 aromatic heterocycles. The predicted molar refractivity (Wildman–Crippen MR) is 146 cm³/mol. The van der Waals surface area contributed by atoms with Crippen LogP contribution in [0.25, 0.3) is 0 Å². The molecule has 2 N–H and O–H groups in total. The molecule has 1 aliphatic rings. The molecule has 0 unspecified atom stereocenters. The molecule has 0 saturated heterocycles. The number of anilines is 2. The van der Waals surface area contributed by atoms with Crippen LogP contribution in [0, 0.1) is 12.3 Å². The number of hydrogen-bond acceptors (Lipinski definition) is 10. The van der Waals surface area contributed by atoms with Crippen molar-refractivity contribution in [2.24, 2.45) is 14.7 Å². The van der Waals surface area contributed by atoms with Gasteiger partial charge < -0.3 is 12.6 Å². The summed E-state index contributed by atoms with van der Waals surface area (Å²) in [5.74, 6) is 0.166. The van der Waals surface area contributed by atoms with Gasteiger partial charge in [0, 0.05) is 29.4 Å². The van der Waals surface area contributed by atoms with Crippen molar-refractivity contribution in [1.82, 2.24) is 9.97 Å². The second-order valence-electron chi connectivity index (χ2n) is 7.24. The third-order valence-electron chi connectivity index (χ3n) is 4.71. The molecule has 0 aliphatic carbocycles. The minimum absolute atomic E-state index is 0.00156. The van der Waals surface area contributed by atoms with Gasteiger partial charge in [-0.05, 0) is 56.3 Å².